The summed E-state index contributed by atoms with van der Waals surface area (Å²) in [5.41, 5.74) is 3.00. The lowest BCUT2D eigenvalue weighted by molar-refractivity contribution is -0.120. The molecule has 1 atom stereocenters. The number of hydrogen-bond acceptors (Lipinski definition) is 9. The van der Waals surface area contributed by atoms with Gasteiger partial charge in [-0.25, -0.2) is 23.1 Å². The van der Waals surface area contributed by atoms with Gasteiger partial charge in [0.15, 0.2) is 11.6 Å². The van der Waals surface area contributed by atoms with Crippen molar-refractivity contribution in [3.05, 3.63) is 102 Å². The molecule has 1 saturated heterocycles. The zero-order chi connectivity index (χ0) is 36.4. The van der Waals surface area contributed by atoms with E-state index < -0.39 is 36.5 Å². The Morgan fingerprint density at radius 2 is 1.79 bits per heavy atom. The molecule has 13 heteroatoms. The smallest absolute Gasteiger partial charge is 0.258 e. The summed E-state index contributed by atoms with van der Waals surface area (Å²) in [7, 11) is 0. The third-order valence-corrected chi connectivity index (χ3v) is 10.2. The quantitative estimate of drug-likeness (QED) is 0.184. The number of rotatable bonds is 11. The molecule has 1 saturated carbocycles. The van der Waals surface area contributed by atoms with Gasteiger partial charge in [-0.3, -0.25) is 14.7 Å². The Balaban J connectivity index is 1.05. The van der Waals surface area contributed by atoms with Crippen molar-refractivity contribution in [1.29, 1.82) is 0 Å². The second kappa shape index (κ2) is 15.1. The molecule has 52 heavy (non-hydrogen) atoms. The van der Waals surface area contributed by atoms with Crippen LogP contribution in [0.4, 0.5) is 19.0 Å². The van der Waals surface area contributed by atoms with Crippen molar-refractivity contribution in [2.45, 2.75) is 82.6 Å². The number of anilines is 1. The molecule has 10 nitrogen and oxygen atoms in total. The van der Waals surface area contributed by atoms with Crippen LogP contribution in [0, 0.1) is 5.82 Å². The van der Waals surface area contributed by atoms with Gasteiger partial charge in [0.05, 0.1) is 30.1 Å². The first kappa shape index (κ1) is 35.6. The van der Waals surface area contributed by atoms with Gasteiger partial charge >= 0.3 is 0 Å². The normalized spacial score (nSPS) is 19.2. The van der Waals surface area contributed by atoms with E-state index in [1.54, 1.807) is 20.0 Å². The molecular formula is C39H43F3N6O4. The van der Waals surface area contributed by atoms with Crippen molar-refractivity contribution in [2.24, 2.45) is 0 Å². The average Bonchev–Trinajstić information content (AvgIpc) is 3.12. The molecule has 1 aliphatic carbocycles. The highest BCUT2D eigenvalue weighted by Gasteiger charge is 2.50. The van der Waals surface area contributed by atoms with E-state index in [-0.39, 0.29) is 41.9 Å². The molecule has 1 N–H and O–H groups in total. The molecule has 274 valence electrons. The van der Waals surface area contributed by atoms with Gasteiger partial charge in [-0.2, -0.15) is 0 Å². The van der Waals surface area contributed by atoms with Crippen LogP contribution in [0.5, 0.6) is 17.2 Å². The number of aliphatic hydroxyl groups is 1. The number of carbonyl (C=O) groups excluding carboxylic acids is 1. The van der Waals surface area contributed by atoms with Gasteiger partial charge in [0, 0.05) is 82.1 Å². The monoisotopic (exact) mass is 716 g/mol. The number of alkyl halides is 2. The van der Waals surface area contributed by atoms with Crippen LogP contribution in [0.15, 0.2) is 73.3 Å². The third kappa shape index (κ3) is 7.56. The van der Waals surface area contributed by atoms with Gasteiger partial charge in [-0.15, -0.1) is 0 Å². The van der Waals surface area contributed by atoms with Gasteiger partial charge < -0.3 is 24.4 Å². The van der Waals surface area contributed by atoms with Crippen LogP contribution in [0.2, 0.25) is 0 Å². The van der Waals surface area contributed by atoms with E-state index in [1.807, 2.05) is 24.3 Å². The Morgan fingerprint density at radius 3 is 2.50 bits per heavy atom. The number of aliphatic hydroxyl groups excluding tert-OH is 1. The number of amides is 1. The number of nitrogens with zero attached hydrogens (tertiary/aromatic N) is 6. The summed E-state index contributed by atoms with van der Waals surface area (Å²) in [6, 6.07) is 14.5. The topological polar surface area (TPSA) is 104 Å². The minimum atomic E-state index is -2.82. The van der Waals surface area contributed by atoms with Gasteiger partial charge in [0.1, 0.15) is 29.7 Å². The van der Waals surface area contributed by atoms with Crippen LogP contribution < -0.4 is 14.4 Å². The maximum atomic E-state index is 14.5. The van der Waals surface area contributed by atoms with Crippen molar-refractivity contribution in [3.63, 3.8) is 0 Å². The molecule has 4 aromatic rings. The van der Waals surface area contributed by atoms with E-state index in [4.69, 9.17) is 9.47 Å². The Bertz CT molecular complexity index is 1870. The molecule has 2 aromatic heterocycles. The molecule has 2 fully saturated rings. The number of hydrogen-bond donors (Lipinski definition) is 1. The van der Waals surface area contributed by atoms with Crippen molar-refractivity contribution in [1.82, 2.24) is 24.8 Å². The van der Waals surface area contributed by atoms with Crippen molar-refractivity contribution in [2.75, 3.05) is 31.1 Å². The Labute approximate surface area is 301 Å². The molecule has 1 amide bonds. The fraction of sp³-hybridized carbons (Fsp3) is 0.436. The zero-order valence-electron chi connectivity index (χ0n) is 29.3. The molecule has 2 aliphatic heterocycles. The Kier molecular flexibility index (Phi) is 10.3. The van der Waals surface area contributed by atoms with Crippen LogP contribution in [0.3, 0.4) is 0 Å². The summed E-state index contributed by atoms with van der Waals surface area (Å²) in [5.74, 6) is -2.44. The Morgan fingerprint density at radius 1 is 1.02 bits per heavy atom. The number of halogens is 3. The first-order valence-corrected chi connectivity index (χ1v) is 17.9. The van der Waals surface area contributed by atoms with E-state index >= 15 is 0 Å². The molecule has 2 aromatic carbocycles. The van der Waals surface area contributed by atoms with E-state index in [9.17, 15) is 23.1 Å². The number of piperidine rings is 1. The zero-order valence-corrected chi connectivity index (χ0v) is 29.3. The van der Waals surface area contributed by atoms with Crippen molar-refractivity contribution >= 4 is 11.7 Å². The van der Waals surface area contributed by atoms with Gasteiger partial charge in [0.25, 0.3) is 11.8 Å². The number of aromatic nitrogens is 3. The molecule has 1 unspecified atom stereocenters. The largest absolute Gasteiger partial charge is 0.490 e. The lowest BCUT2D eigenvalue weighted by Crippen LogP contribution is -2.55. The molecular weight excluding hydrogens is 673 g/mol. The predicted molar refractivity (Wildman–Crippen MR) is 188 cm³/mol. The van der Waals surface area contributed by atoms with E-state index in [0.717, 1.165) is 36.0 Å². The van der Waals surface area contributed by atoms with Crippen LogP contribution >= 0.6 is 0 Å². The lowest BCUT2D eigenvalue weighted by Gasteiger charge is -2.44. The summed E-state index contributed by atoms with van der Waals surface area (Å²) in [6.45, 7) is 6.12. The van der Waals surface area contributed by atoms with E-state index in [2.05, 4.69) is 36.9 Å². The van der Waals surface area contributed by atoms with Crippen LogP contribution in [0.25, 0.3) is 0 Å². The maximum absolute atomic E-state index is 14.5. The average molecular weight is 717 g/mol. The summed E-state index contributed by atoms with van der Waals surface area (Å²) >= 11 is 0. The van der Waals surface area contributed by atoms with E-state index in [1.165, 1.54) is 35.1 Å². The molecule has 0 bridgehead atoms. The number of benzene rings is 2. The maximum Gasteiger partial charge on any atom is 0.258 e. The van der Waals surface area contributed by atoms with Crippen molar-refractivity contribution < 1.29 is 32.5 Å². The predicted octanol–water partition coefficient (Wildman–Crippen LogP) is 6.59. The third-order valence-electron chi connectivity index (χ3n) is 10.2. The van der Waals surface area contributed by atoms with Gasteiger partial charge in [-0.1, -0.05) is 30.3 Å². The molecule has 0 radical (unpaired) electrons. The number of ether oxygens (including phenoxy) is 2. The van der Waals surface area contributed by atoms with E-state index in [0.29, 0.717) is 38.3 Å². The summed E-state index contributed by atoms with van der Waals surface area (Å²) in [4.78, 5) is 32.8. The minimum absolute atomic E-state index is 0.0514. The highest BCUT2D eigenvalue weighted by Crippen LogP contribution is 2.43. The molecule has 3 aliphatic rings. The SMILES string of the molecule is CC(C)N(C(=O)c1cc(F)ccc1Oc1cncnc1N1CCC(Oc2ccnc3c2C(CO)N(Cc2ccccc2)CC3)CC1)C1CC(F)(F)C1. The molecule has 7 rings (SSSR count). The van der Waals surface area contributed by atoms with Crippen LogP contribution in [-0.4, -0.2) is 86.1 Å². The second-order valence-electron chi connectivity index (χ2n) is 14.1. The summed E-state index contributed by atoms with van der Waals surface area (Å²) in [6.07, 6.45) is 5.83. The highest BCUT2D eigenvalue weighted by atomic mass is 19.3. The number of pyridine rings is 1. The summed E-state index contributed by atoms with van der Waals surface area (Å²) < 4.78 is 55.0. The highest BCUT2D eigenvalue weighted by molar-refractivity contribution is 5.97. The Hall–Kier alpha value is -4.75. The lowest BCUT2D eigenvalue weighted by atomic mass is 9.85. The van der Waals surface area contributed by atoms with Crippen molar-refractivity contribution in [3.8, 4) is 17.2 Å². The van der Waals surface area contributed by atoms with Crippen LogP contribution in [0.1, 0.15) is 72.8 Å². The van der Waals surface area contributed by atoms with Crippen LogP contribution in [-0.2, 0) is 13.0 Å². The summed E-state index contributed by atoms with van der Waals surface area (Å²) in [5, 5.41) is 10.6. The second-order valence-corrected chi connectivity index (χ2v) is 14.1. The van der Waals surface area contributed by atoms with Gasteiger partial charge in [-0.05, 0) is 43.7 Å². The number of carbonyl (C=O) groups is 1. The first-order chi connectivity index (χ1) is 25.1. The molecule has 0 spiro atoms. The standard InChI is InChI=1S/C39H43F3N6O4/c1-25(2)48(28-19-39(41,42)20-28)38(50)30-18-27(40)8-9-33(30)52-35-21-43-24-45-37(35)46-15-11-29(12-16-46)51-34-10-14-44-31-13-17-47(32(23-49)36(31)34)22-26-6-4-3-5-7-26/h3-10,14,18,21,24-25,28-29,32,49H,11-13,15-17,19-20,22-23H2,1-2H3. The first-order valence-electron chi connectivity index (χ1n) is 17.9. The fourth-order valence-corrected chi connectivity index (χ4v) is 7.61. The minimum Gasteiger partial charge on any atom is -0.490 e. The number of fused-ring (bicyclic) bond motifs is 1. The molecule has 4 heterocycles. The van der Waals surface area contributed by atoms with Gasteiger partial charge in [0.2, 0.25) is 0 Å². The fourth-order valence-electron chi connectivity index (χ4n) is 7.61.